The zero-order valence-corrected chi connectivity index (χ0v) is 8.87. The summed E-state index contributed by atoms with van der Waals surface area (Å²) in [5.41, 5.74) is 7.66. The third-order valence-corrected chi connectivity index (χ3v) is 2.75. The van der Waals surface area contributed by atoms with Gasteiger partial charge in [0.05, 0.1) is 5.52 Å². The number of hydrogen-bond acceptors (Lipinski definition) is 2. The molecule has 0 saturated heterocycles. The minimum absolute atomic E-state index is 0.535. The van der Waals surface area contributed by atoms with Crippen molar-refractivity contribution in [1.82, 2.24) is 9.78 Å². The second-order valence-electron chi connectivity index (χ2n) is 3.01. The van der Waals surface area contributed by atoms with Crippen LogP contribution in [0.25, 0.3) is 10.9 Å². The summed E-state index contributed by atoms with van der Waals surface area (Å²) in [5.74, 6) is 0. The molecule has 2 rings (SSSR count). The average molecular weight is 240 g/mol. The predicted octanol–water partition coefficient (Wildman–Crippen LogP) is 1.79. The SMILES string of the molecule is Cn1cc2cc(Br)c(CN)cc2n1. The molecule has 0 saturated carbocycles. The van der Waals surface area contributed by atoms with Crippen molar-refractivity contribution in [3.63, 3.8) is 0 Å². The molecule has 0 aliphatic carbocycles. The quantitative estimate of drug-likeness (QED) is 0.825. The lowest BCUT2D eigenvalue weighted by molar-refractivity contribution is 0.779. The summed E-state index contributed by atoms with van der Waals surface area (Å²) < 4.78 is 2.85. The van der Waals surface area contributed by atoms with Gasteiger partial charge in [0.2, 0.25) is 0 Å². The van der Waals surface area contributed by atoms with E-state index in [9.17, 15) is 0 Å². The minimum atomic E-state index is 0.535. The number of fused-ring (bicyclic) bond motifs is 1. The lowest BCUT2D eigenvalue weighted by Gasteiger charge is -1.99. The summed E-state index contributed by atoms with van der Waals surface area (Å²) in [5, 5.41) is 5.43. The maximum Gasteiger partial charge on any atom is 0.0927 e. The van der Waals surface area contributed by atoms with Crippen molar-refractivity contribution in [1.29, 1.82) is 0 Å². The van der Waals surface area contributed by atoms with Gasteiger partial charge in [-0.05, 0) is 17.7 Å². The summed E-state index contributed by atoms with van der Waals surface area (Å²) in [6, 6.07) is 4.06. The highest BCUT2D eigenvalue weighted by Crippen LogP contribution is 2.22. The second kappa shape index (κ2) is 3.12. The monoisotopic (exact) mass is 239 g/mol. The minimum Gasteiger partial charge on any atom is -0.326 e. The van der Waals surface area contributed by atoms with Crippen LogP contribution in [0.2, 0.25) is 0 Å². The van der Waals surface area contributed by atoms with E-state index in [1.54, 1.807) is 4.68 Å². The summed E-state index contributed by atoms with van der Waals surface area (Å²) in [7, 11) is 1.91. The third-order valence-electron chi connectivity index (χ3n) is 2.01. The summed E-state index contributed by atoms with van der Waals surface area (Å²) in [4.78, 5) is 0. The van der Waals surface area contributed by atoms with Crippen molar-refractivity contribution in [3.05, 3.63) is 28.4 Å². The van der Waals surface area contributed by atoms with Gasteiger partial charge in [-0.25, -0.2) is 0 Å². The Hall–Kier alpha value is -0.870. The van der Waals surface area contributed by atoms with Gasteiger partial charge in [-0.1, -0.05) is 15.9 Å². The van der Waals surface area contributed by atoms with Crippen LogP contribution in [-0.4, -0.2) is 9.78 Å². The van der Waals surface area contributed by atoms with E-state index < -0.39 is 0 Å². The number of halogens is 1. The second-order valence-corrected chi connectivity index (χ2v) is 3.86. The number of aryl methyl sites for hydroxylation is 1. The number of nitrogens with zero attached hydrogens (tertiary/aromatic N) is 2. The topological polar surface area (TPSA) is 43.8 Å². The van der Waals surface area contributed by atoms with Crippen LogP contribution in [0.5, 0.6) is 0 Å². The molecule has 1 aromatic heterocycles. The Kier molecular flexibility index (Phi) is 2.09. The van der Waals surface area contributed by atoms with Gasteiger partial charge in [0.1, 0.15) is 0 Å². The van der Waals surface area contributed by atoms with E-state index in [2.05, 4.69) is 21.0 Å². The maximum absolute atomic E-state index is 5.58. The molecule has 0 amide bonds. The highest BCUT2D eigenvalue weighted by Gasteiger charge is 2.03. The highest BCUT2D eigenvalue weighted by atomic mass is 79.9. The Labute approximate surface area is 84.7 Å². The molecule has 2 aromatic rings. The zero-order chi connectivity index (χ0) is 9.42. The van der Waals surface area contributed by atoms with Gasteiger partial charge < -0.3 is 5.73 Å². The molecule has 0 atom stereocenters. The molecule has 1 aromatic carbocycles. The van der Waals surface area contributed by atoms with Crippen molar-refractivity contribution in [3.8, 4) is 0 Å². The molecule has 68 valence electrons. The molecule has 0 radical (unpaired) electrons. The first kappa shape index (κ1) is 8.72. The van der Waals surface area contributed by atoms with E-state index in [0.717, 1.165) is 20.9 Å². The third kappa shape index (κ3) is 1.47. The van der Waals surface area contributed by atoms with Gasteiger partial charge in [-0.15, -0.1) is 0 Å². The summed E-state index contributed by atoms with van der Waals surface area (Å²) >= 11 is 3.47. The number of aromatic nitrogens is 2. The first-order chi connectivity index (χ1) is 6.20. The number of benzene rings is 1. The molecule has 0 fully saturated rings. The highest BCUT2D eigenvalue weighted by molar-refractivity contribution is 9.10. The molecule has 0 aliphatic heterocycles. The summed E-state index contributed by atoms with van der Waals surface area (Å²) in [6.07, 6.45) is 1.99. The molecule has 13 heavy (non-hydrogen) atoms. The van der Waals surface area contributed by atoms with E-state index in [-0.39, 0.29) is 0 Å². The molecule has 1 heterocycles. The van der Waals surface area contributed by atoms with Gasteiger partial charge in [0.15, 0.2) is 0 Å². The van der Waals surface area contributed by atoms with Crippen LogP contribution in [0.3, 0.4) is 0 Å². The smallest absolute Gasteiger partial charge is 0.0927 e. The van der Waals surface area contributed by atoms with Crippen molar-refractivity contribution in [2.24, 2.45) is 12.8 Å². The van der Waals surface area contributed by atoms with Crippen LogP contribution < -0.4 is 5.73 Å². The molecular formula is C9H10BrN3. The Morgan fingerprint density at radius 2 is 2.31 bits per heavy atom. The van der Waals surface area contributed by atoms with E-state index in [1.165, 1.54) is 0 Å². The van der Waals surface area contributed by atoms with Crippen molar-refractivity contribution in [2.45, 2.75) is 6.54 Å². The Morgan fingerprint density at radius 3 is 3.00 bits per heavy atom. The van der Waals surface area contributed by atoms with Gasteiger partial charge >= 0.3 is 0 Å². The first-order valence-electron chi connectivity index (χ1n) is 4.02. The summed E-state index contributed by atoms with van der Waals surface area (Å²) in [6.45, 7) is 0.535. The molecule has 3 nitrogen and oxygen atoms in total. The fourth-order valence-corrected chi connectivity index (χ4v) is 1.89. The first-order valence-corrected chi connectivity index (χ1v) is 4.82. The Balaban J connectivity index is 2.72. The standard InChI is InChI=1S/C9H10BrN3/c1-13-5-7-2-8(10)6(4-11)3-9(7)12-13/h2-3,5H,4,11H2,1H3. The van der Waals surface area contributed by atoms with Gasteiger partial charge in [-0.2, -0.15) is 5.10 Å². The van der Waals surface area contributed by atoms with Crippen LogP contribution in [0.4, 0.5) is 0 Å². The van der Waals surface area contributed by atoms with Crippen LogP contribution >= 0.6 is 15.9 Å². The Morgan fingerprint density at radius 1 is 1.54 bits per heavy atom. The van der Waals surface area contributed by atoms with Gasteiger partial charge in [0.25, 0.3) is 0 Å². The lowest BCUT2D eigenvalue weighted by Crippen LogP contribution is -1.96. The molecule has 0 aliphatic rings. The lowest BCUT2D eigenvalue weighted by atomic mass is 10.2. The molecule has 2 N–H and O–H groups in total. The molecule has 4 heteroatoms. The molecular weight excluding hydrogens is 230 g/mol. The van der Waals surface area contributed by atoms with Crippen molar-refractivity contribution < 1.29 is 0 Å². The number of nitrogens with two attached hydrogens (primary N) is 1. The average Bonchev–Trinajstić information content (AvgIpc) is 2.42. The number of hydrogen-bond donors (Lipinski definition) is 1. The number of rotatable bonds is 1. The fourth-order valence-electron chi connectivity index (χ4n) is 1.37. The maximum atomic E-state index is 5.58. The Bertz CT molecular complexity index is 447. The van der Waals surface area contributed by atoms with E-state index in [4.69, 9.17) is 5.73 Å². The van der Waals surface area contributed by atoms with E-state index >= 15 is 0 Å². The van der Waals surface area contributed by atoms with E-state index in [1.807, 2.05) is 25.4 Å². The van der Waals surface area contributed by atoms with Crippen LogP contribution in [0.15, 0.2) is 22.8 Å². The fraction of sp³-hybridized carbons (Fsp3) is 0.222. The van der Waals surface area contributed by atoms with Crippen molar-refractivity contribution in [2.75, 3.05) is 0 Å². The van der Waals surface area contributed by atoms with Gasteiger partial charge in [0, 0.05) is 29.6 Å². The molecule has 0 spiro atoms. The van der Waals surface area contributed by atoms with Gasteiger partial charge in [-0.3, -0.25) is 4.68 Å². The van der Waals surface area contributed by atoms with Crippen LogP contribution in [-0.2, 0) is 13.6 Å². The van der Waals surface area contributed by atoms with E-state index in [0.29, 0.717) is 6.54 Å². The predicted molar refractivity (Wildman–Crippen MR) is 56.3 cm³/mol. The largest absolute Gasteiger partial charge is 0.326 e. The molecule has 0 unspecified atom stereocenters. The normalized spacial score (nSPS) is 11.0. The molecule has 0 bridgehead atoms. The van der Waals surface area contributed by atoms with Crippen LogP contribution in [0.1, 0.15) is 5.56 Å². The zero-order valence-electron chi connectivity index (χ0n) is 7.29. The van der Waals surface area contributed by atoms with Crippen LogP contribution in [0, 0.1) is 0 Å². The van der Waals surface area contributed by atoms with Crippen molar-refractivity contribution >= 4 is 26.8 Å².